The number of halogens is 1. The van der Waals surface area contributed by atoms with E-state index in [9.17, 15) is 18.0 Å². The lowest BCUT2D eigenvalue weighted by molar-refractivity contribution is -0.132. The van der Waals surface area contributed by atoms with Gasteiger partial charge in [-0.1, -0.05) is 36.4 Å². The van der Waals surface area contributed by atoms with Gasteiger partial charge < -0.3 is 19.3 Å². The first kappa shape index (κ1) is 31.0. The fourth-order valence-electron chi connectivity index (χ4n) is 6.55. The number of para-hydroxylation sites is 1. The van der Waals surface area contributed by atoms with Gasteiger partial charge >= 0.3 is 6.09 Å². The molecule has 2 amide bonds. The van der Waals surface area contributed by atoms with E-state index in [2.05, 4.69) is 16.8 Å². The Bertz CT molecular complexity index is 1670. The summed E-state index contributed by atoms with van der Waals surface area (Å²) >= 11 is 0. The molecule has 1 unspecified atom stereocenters. The smallest absolute Gasteiger partial charge is 0.411 e. The number of amides is 2. The fraction of sp³-hybridized carbons (Fsp3) is 0.394. The molecule has 3 heterocycles. The molecule has 12 heteroatoms. The van der Waals surface area contributed by atoms with Crippen molar-refractivity contribution in [1.82, 2.24) is 14.7 Å². The van der Waals surface area contributed by atoms with E-state index < -0.39 is 33.4 Å². The van der Waals surface area contributed by atoms with E-state index in [0.717, 1.165) is 38.1 Å². The molecule has 238 valence electrons. The van der Waals surface area contributed by atoms with E-state index in [1.165, 1.54) is 23.1 Å². The topological polar surface area (TPSA) is 99.7 Å². The van der Waals surface area contributed by atoms with Crippen molar-refractivity contribution in [1.29, 1.82) is 0 Å². The molecule has 10 nitrogen and oxygen atoms in total. The van der Waals surface area contributed by atoms with Gasteiger partial charge in [0.25, 0.3) is 15.9 Å². The van der Waals surface area contributed by atoms with Crippen molar-refractivity contribution in [3.63, 3.8) is 0 Å². The van der Waals surface area contributed by atoms with Gasteiger partial charge in [0.2, 0.25) is 5.60 Å². The number of sulfonamides is 1. The van der Waals surface area contributed by atoms with Gasteiger partial charge in [0.1, 0.15) is 11.6 Å². The van der Waals surface area contributed by atoms with E-state index in [1.807, 2.05) is 0 Å². The Morgan fingerprint density at radius 1 is 0.911 bits per heavy atom. The van der Waals surface area contributed by atoms with Crippen molar-refractivity contribution < 1.29 is 31.9 Å². The molecule has 0 aromatic heterocycles. The van der Waals surface area contributed by atoms with Gasteiger partial charge in [0.05, 0.1) is 22.8 Å². The van der Waals surface area contributed by atoms with Gasteiger partial charge in [-0.3, -0.25) is 9.69 Å². The van der Waals surface area contributed by atoms with E-state index in [0.29, 0.717) is 36.5 Å². The van der Waals surface area contributed by atoms with Crippen LogP contribution >= 0.6 is 0 Å². The van der Waals surface area contributed by atoms with Crippen molar-refractivity contribution >= 4 is 27.7 Å². The molecule has 2 fully saturated rings. The van der Waals surface area contributed by atoms with Gasteiger partial charge in [-0.05, 0) is 76.3 Å². The SMILES string of the molecule is CCOc1ccccc1C1(OC(=O)N2CCN(C3CCN(C)CC3)CC2)C(=O)N(S(=O)(=O)c2ccccc2)c2ccc(F)cc21. The second-order valence-electron chi connectivity index (χ2n) is 11.6. The number of carbonyl (C=O) groups excluding carboxylic acids is 2. The lowest BCUT2D eigenvalue weighted by Gasteiger charge is -2.42. The van der Waals surface area contributed by atoms with Crippen molar-refractivity contribution in [3.05, 3.63) is 89.7 Å². The number of ether oxygens (including phenoxy) is 2. The number of benzene rings is 3. The first-order valence-corrected chi connectivity index (χ1v) is 16.7. The Morgan fingerprint density at radius 2 is 1.58 bits per heavy atom. The molecule has 2 saturated heterocycles. The standard InChI is InChI=1S/C33H37FN4O6S/c1-3-43-30-12-8-7-11-27(30)33(44-32(40)37-21-19-36(20-22-37)25-15-17-35(2)18-16-25)28-23-24(34)13-14-29(28)38(31(33)39)45(41,42)26-9-5-4-6-10-26/h4-14,23,25H,3,15-22H2,1-2H3. The molecule has 0 saturated carbocycles. The first-order valence-electron chi connectivity index (χ1n) is 15.2. The number of piperazine rings is 1. The molecule has 0 bridgehead atoms. The summed E-state index contributed by atoms with van der Waals surface area (Å²) in [6.45, 7) is 6.03. The average Bonchev–Trinajstić information content (AvgIpc) is 3.30. The summed E-state index contributed by atoms with van der Waals surface area (Å²) < 4.78 is 55.8. The molecule has 45 heavy (non-hydrogen) atoms. The molecular formula is C33H37FN4O6S. The van der Waals surface area contributed by atoms with Crippen LogP contribution in [0.15, 0.2) is 77.7 Å². The highest BCUT2D eigenvalue weighted by Crippen LogP contribution is 2.51. The van der Waals surface area contributed by atoms with Gasteiger partial charge in [0.15, 0.2) is 0 Å². The van der Waals surface area contributed by atoms with Crippen molar-refractivity contribution in [2.75, 3.05) is 57.2 Å². The van der Waals surface area contributed by atoms with Crippen LogP contribution in [0.25, 0.3) is 0 Å². The molecule has 0 radical (unpaired) electrons. The Kier molecular flexibility index (Phi) is 8.55. The maximum absolute atomic E-state index is 15.0. The maximum atomic E-state index is 15.0. The molecular weight excluding hydrogens is 599 g/mol. The summed E-state index contributed by atoms with van der Waals surface area (Å²) in [4.78, 5) is 34.8. The quantitative estimate of drug-likeness (QED) is 0.383. The minimum absolute atomic E-state index is 0.0996. The van der Waals surface area contributed by atoms with E-state index in [-0.39, 0.29) is 34.1 Å². The number of piperidine rings is 1. The summed E-state index contributed by atoms with van der Waals surface area (Å²) in [6.07, 6.45) is 1.31. The van der Waals surface area contributed by atoms with Crippen molar-refractivity contribution in [2.45, 2.75) is 36.3 Å². The monoisotopic (exact) mass is 636 g/mol. The van der Waals surface area contributed by atoms with Crippen LogP contribution in [0.1, 0.15) is 30.9 Å². The molecule has 0 aliphatic carbocycles. The number of carbonyl (C=O) groups is 2. The van der Waals surface area contributed by atoms with Crippen LogP contribution in [0.5, 0.6) is 5.75 Å². The van der Waals surface area contributed by atoms with Crippen LogP contribution < -0.4 is 9.04 Å². The molecule has 0 spiro atoms. The minimum atomic E-state index is -4.50. The van der Waals surface area contributed by atoms with Crippen molar-refractivity contribution in [3.8, 4) is 5.75 Å². The van der Waals surface area contributed by atoms with Crippen LogP contribution in [-0.2, 0) is 25.2 Å². The van der Waals surface area contributed by atoms with Gasteiger partial charge in [0, 0.05) is 37.8 Å². The lowest BCUT2D eigenvalue weighted by Crippen LogP contribution is -2.55. The third-order valence-electron chi connectivity index (χ3n) is 8.91. The number of nitrogens with zero attached hydrogens (tertiary/aromatic N) is 4. The predicted molar refractivity (Wildman–Crippen MR) is 166 cm³/mol. The Morgan fingerprint density at radius 3 is 2.27 bits per heavy atom. The number of likely N-dealkylation sites (tertiary alicyclic amines) is 1. The van der Waals surface area contributed by atoms with Crippen LogP contribution in [0.3, 0.4) is 0 Å². The molecule has 0 N–H and O–H groups in total. The highest BCUT2D eigenvalue weighted by molar-refractivity contribution is 7.93. The van der Waals surface area contributed by atoms with Gasteiger partial charge in [-0.25, -0.2) is 17.6 Å². The van der Waals surface area contributed by atoms with E-state index >= 15 is 4.39 Å². The zero-order chi connectivity index (χ0) is 31.8. The van der Waals surface area contributed by atoms with Crippen LogP contribution in [0, 0.1) is 5.82 Å². The van der Waals surface area contributed by atoms with E-state index in [4.69, 9.17) is 9.47 Å². The molecule has 3 aliphatic heterocycles. The molecule has 6 rings (SSSR count). The van der Waals surface area contributed by atoms with Crippen LogP contribution in [-0.4, -0.2) is 94.1 Å². The fourth-order valence-corrected chi connectivity index (χ4v) is 8.03. The summed E-state index contributed by atoms with van der Waals surface area (Å²) in [6, 6.07) is 17.8. The number of fused-ring (bicyclic) bond motifs is 1. The third-order valence-corrected chi connectivity index (χ3v) is 10.6. The second-order valence-corrected chi connectivity index (χ2v) is 13.4. The lowest BCUT2D eigenvalue weighted by atomic mass is 9.86. The van der Waals surface area contributed by atoms with Gasteiger partial charge in [-0.15, -0.1) is 0 Å². The Hall–Kier alpha value is -4.00. The summed E-state index contributed by atoms with van der Waals surface area (Å²) in [5.41, 5.74) is -2.44. The number of rotatable bonds is 7. The van der Waals surface area contributed by atoms with E-state index in [1.54, 1.807) is 49.4 Å². The zero-order valence-electron chi connectivity index (χ0n) is 25.4. The largest absolute Gasteiger partial charge is 0.493 e. The maximum Gasteiger partial charge on any atom is 0.411 e. The normalized spacial score (nSPS) is 21.5. The second kappa shape index (κ2) is 12.4. The molecule has 3 aromatic rings. The number of anilines is 1. The summed E-state index contributed by atoms with van der Waals surface area (Å²) in [7, 11) is -2.38. The average molecular weight is 637 g/mol. The Balaban J connectivity index is 1.41. The summed E-state index contributed by atoms with van der Waals surface area (Å²) in [5.74, 6) is -1.57. The molecule has 3 aromatic carbocycles. The number of hydrogen-bond donors (Lipinski definition) is 0. The summed E-state index contributed by atoms with van der Waals surface area (Å²) in [5, 5.41) is 0. The first-order chi connectivity index (χ1) is 21.7. The van der Waals surface area contributed by atoms with Crippen LogP contribution in [0.2, 0.25) is 0 Å². The van der Waals surface area contributed by atoms with Gasteiger partial charge in [-0.2, -0.15) is 4.31 Å². The van der Waals surface area contributed by atoms with Crippen LogP contribution in [0.4, 0.5) is 14.9 Å². The highest BCUT2D eigenvalue weighted by Gasteiger charge is 2.61. The molecule has 3 aliphatic rings. The van der Waals surface area contributed by atoms with Crippen molar-refractivity contribution in [2.24, 2.45) is 0 Å². The molecule has 1 atom stereocenters. The Labute approximate surface area is 263 Å². The highest BCUT2D eigenvalue weighted by atomic mass is 32.2. The minimum Gasteiger partial charge on any atom is -0.493 e. The zero-order valence-corrected chi connectivity index (χ0v) is 26.2. The third kappa shape index (κ3) is 5.55. The predicted octanol–water partition coefficient (Wildman–Crippen LogP) is 4.05. The number of hydrogen-bond acceptors (Lipinski definition) is 8.